The van der Waals surface area contributed by atoms with Crippen LogP contribution < -0.4 is 5.73 Å². The van der Waals surface area contributed by atoms with Crippen LogP contribution in [0.4, 0.5) is 0 Å². The molecule has 0 fully saturated rings. The summed E-state index contributed by atoms with van der Waals surface area (Å²) < 4.78 is 0. The van der Waals surface area contributed by atoms with E-state index < -0.39 is 0 Å². The van der Waals surface area contributed by atoms with E-state index in [1.807, 2.05) is 18.7 Å². The van der Waals surface area contributed by atoms with Gasteiger partial charge in [0.15, 0.2) is 5.96 Å². The molecule has 0 atom stereocenters. The minimum Gasteiger partial charge on any atom is -0.370 e. The van der Waals surface area contributed by atoms with E-state index in [0.29, 0.717) is 5.96 Å². The lowest BCUT2D eigenvalue weighted by Gasteiger charge is -2.19. The van der Waals surface area contributed by atoms with Crippen molar-refractivity contribution in [2.75, 3.05) is 13.1 Å². The zero-order valence-electron chi connectivity index (χ0n) is 7.96. The van der Waals surface area contributed by atoms with E-state index in [9.17, 15) is 0 Å². The maximum absolute atomic E-state index is 5.72. The summed E-state index contributed by atoms with van der Waals surface area (Å²) in [5.41, 5.74) is 5.72. The van der Waals surface area contributed by atoms with Crippen molar-refractivity contribution < 1.29 is 0 Å². The van der Waals surface area contributed by atoms with E-state index in [-0.39, 0.29) is 6.04 Å². The molecular weight excluding hydrogens is 138 g/mol. The van der Waals surface area contributed by atoms with Crippen LogP contribution in [0.3, 0.4) is 0 Å². The Balaban J connectivity index is 4.07. The Labute approximate surface area is 69.3 Å². The van der Waals surface area contributed by atoms with E-state index in [0.717, 1.165) is 13.1 Å². The molecule has 3 heteroatoms. The smallest absolute Gasteiger partial charge is 0.191 e. The highest BCUT2D eigenvalue weighted by Crippen LogP contribution is 1.91. The molecule has 3 nitrogen and oxygen atoms in total. The van der Waals surface area contributed by atoms with Crippen molar-refractivity contribution in [3.8, 4) is 0 Å². The van der Waals surface area contributed by atoms with Crippen LogP contribution in [-0.2, 0) is 0 Å². The molecule has 0 aliphatic heterocycles. The number of aliphatic imine (C=N–C) groups is 1. The molecule has 66 valence electrons. The number of nitrogens with zero attached hydrogens (tertiary/aromatic N) is 2. The molecule has 0 saturated carbocycles. The van der Waals surface area contributed by atoms with Gasteiger partial charge in [-0.3, -0.25) is 4.99 Å². The summed E-state index contributed by atoms with van der Waals surface area (Å²) in [7, 11) is 0. The summed E-state index contributed by atoms with van der Waals surface area (Å²) in [6, 6.07) is 0.288. The predicted molar refractivity (Wildman–Crippen MR) is 49.7 cm³/mol. The second-order valence-corrected chi connectivity index (χ2v) is 2.75. The molecule has 0 unspecified atom stereocenters. The summed E-state index contributed by atoms with van der Waals surface area (Å²) >= 11 is 0. The quantitative estimate of drug-likeness (QED) is 0.491. The fourth-order valence-electron chi connectivity index (χ4n) is 0.894. The van der Waals surface area contributed by atoms with Gasteiger partial charge in [-0.05, 0) is 27.7 Å². The molecule has 0 amide bonds. The molecule has 2 N–H and O–H groups in total. The van der Waals surface area contributed by atoms with Crippen molar-refractivity contribution in [2.24, 2.45) is 10.7 Å². The number of guanidine groups is 1. The molecule has 0 aliphatic rings. The van der Waals surface area contributed by atoms with Gasteiger partial charge in [0.25, 0.3) is 0 Å². The fraction of sp³-hybridized carbons (Fsp3) is 0.875. The van der Waals surface area contributed by atoms with Crippen LogP contribution in [0.25, 0.3) is 0 Å². The normalized spacial score (nSPS) is 12.3. The van der Waals surface area contributed by atoms with Crippen LogP contribution in [0.2, 0.25) is 0 Å². The van der Waals surface area contributed by atoms with E-state index >= 15 is 0 Å². The minimum atomic E-state index is 0.288. The number of hydrogen-bond donors (Lipinski definition) is 1. The van der Waals surface area contributed by atoms with Gasteiger partial charge in [0, 0.05) is 19.1 Å². The van der Waals surface area contributed by atoms with Gasteiger partial charge in [-0.25, -0.2) is 0 Å². The van der Waals surface area contributed by atoms with Crippen LogP contribution in [0.5, 0.6) is 0 Å². The highest BCUT2D eigenvalue weighted by atomic mass is 15.2. The van der Waals surface area contributed by atoms with Crippen molar-refractivity contribution in [1.82, 2.24) is 4.90 Å². The van der Waals surface area contributed by atoms with Crippen molar-refractivity contribution >= 4 is 5.96 Å². The second kappa shape index (κ2) is 4.99. The molecule has 0 bridgehead atoms. The number of nitrogens with two attached hydrogens (primary N) is 1. The number of hydrogen-bond acceptors (Lipinski definition) is 1. The summed E-state index contributed by atoms with van der Waals surface area (Å²) in [6.45, 7) is 10.1. The lowest BCUT2D eigenvalue weighted by atomic mass is 10.4. The molecule has 0 rings (SSSR count). The van der Waals surface area contributed by atoms with E-state index in [1.54, 1.807) is 0 Å². The Morgan fingerprint density at radius 3 is 2.09 bits per heavy atom. The highest BCUT2D eigenvalue weighted by Gasteiger charge is 2.01. The van der Waals surface area contributed by atoms with Gasteiger partial charge in [0.2, 0.25) is 0 Å². The van der Waals surface area contributed by atoms with Gasteiger partial charge in [-0.15, -0.1) is 0 Å². The Morgan fingerprint density at radius 2 is 1.82 bits per heavy atom. The second-order valence-electron chi connectivity index (χ2n) is 2.75. The molecule has 11 heavy (non-hydrogen) atoms. The Kier molecular flexibility index (Phi) is 4.66. The lowest BCUT2D eigenvalue weighted by Crippen LogP contribution is -2.37. The third-order valence-corrected chi connectivity index (χ3v) is 1.48. The van der Waals surface area contributed by atoms with Crippen LogP contribution in [-0.4, -0.2) is 30.0 Å². The third-order valence-electron chi connectivity index (χ3n) is 1.48. The van der Waals surface area contributed by atoms with Gasteiger partial charge in [0.1, 0.15) is 0 Å². The highest BCUT2D eigenvalue weighted by molar-refractivity contribution is 5.78. The first-order valence-electron chi connectivity index (χ1n) is 4.20. The number of rotatable bonds is 3. The molecule has 0 aromatic carbocycles. The van der Waals surface area contributed by atoms with Gasteiger partial charge < -0.3 is 10.6 Å². The monoisotopic (exact) mass is 157 g/mol. The predicted octanol–water partition coefficient (Wildman–Crippen LogP) is 1.05. The summed E-state index contributed by atoms with van der Waals surface area (Å²) in [6.07, 6.45) is 0. The summed E-state index contributed by atoms with van der Waals surface area (Å²) in [5.74, 6) is 0.657. The maximum Gasteiger partial charge on any atom is 0.191 e. The standard InChI is InChI=1S/C8H19N3/c1-5-11(6-2)8(9)10-7(3)4/h7H,5-6H2,1-4H3,(H2,9,10). The van der Waals surface area contributed by atoms with Crippen molar-refractivity contribution in [3.63, 3.8) is 0 Å². The Hall–Kier alpha value is -0.730. The van der Waals surface area contributed by atoms with Gasteiger partial charge in [0.05, 0.1) is 0 Å². The zero-order chi connectivity index (χ0) is 8.85. The lowest BCUT2D eigenvalue weighted by molar-refractivity contribution is 0.456. The molecule has 0 saturated heterocycles. The SMILES string of the molecule is CCN(CC)C(N)=NC(C)C. The molecule has 0 spiro atoms. The maximum atomic E-state index is 5.72. The van der Waals surface area contributed by atoms with E-state index in [2.05, 4.69) is 18.8 Å². The van der Waals surface area contributed by atoms with E-state index in [4.69, 9.17) is 5.73 Å². The zero-order valence-corrected chi connectivity index (χ0v) is 7.96. The van der Waals surface area contributed by atoms with Crippen LogP contribution in [0, 0.1) is 0 Å². The average Bonchev–Trinajstić information content (AvgIpc) is 1.88. The van der Waals surface area contributed by atoms with Crippen LogP contribution in [0.15, 0.2) is 4.99 Å². The topological polar surface area (TPSA) is 41.6 Å². The van der Waals surface area contributed by atoms with Crippen LogP contribution in [0.1, 0.15) is 27.7 Å². The van der Waals surface area contributed by atoms with Crippen LogP contribution >= 0.6 is 0 Å². The molecule has 0 aromatic heterocycles. The van der Waals surface area contributed by atoms with Gasteiger partial charge >= 0.3 is 0 Å². The fourth-order valence-corrected chi connectivity index (χ4v) is 0.894. The largest absolute Gasteiger partial charge is 0.370 e. The third kappa shape index (κ3) is 3.86. The van der Waals surface area contributed by atoms with Crippen molar-refractivity contribution in [2.45, 2.75) is 33.7 Å². The first-order valence-corrected chi connectivity index (χ1v) is 4.20. The molecule has 0 radical (unpaired) electrons. The molecule has 0 heterocycles. The minimum absolute atomic E-state index is 0.288. The summed E-state index contributed by atoms with van der Waals surface area (Å²) in [4.78, 5) is 6.28. The Morgan fingerprint density at radius 1 is 1.36 bits per heavy atom. The molecular formula is C8H19N3. The first-order chi connectivity index (χ1) is 5.11. The van der Waals surface area contributed by atoms with Gasteiger partial charge in [-0.2, -0.15) is 0 Å². The average molecular weight is 157 g/mol. The first kappa shape index (κ1) is 10.3. The Bertz CT molecular complexity index is 125. The molecule has 0 aromatic rings. The van der Waals surface area contributed by atoms with E-state index in [1.165, 1.54) is 0 Å². The molecule has 0 aliphatic carbocycles. The van der Waals surface area contributed by atoms with Crippen molar-refractivity contribution in [1.29, 1.82) is 0 Å². The summed E-state index contributed by atoms with van der Waals surface area (Å²) in [5, 5.41) is 0. The van der Waals surface area contributed by atoms with Crippen molar-refractivity contribution in [3.05, 3.63) is 0 Å². The van der Waals surface area contributed by atoms with Gasteiger partial charge in [-0.1, -0.05) is 0 Å².